The van der Waals surface area contributed by atoms with Crippen molar-refractivity contribution in [2.75, 3.05) is 0 Å². The van der Waals surface area contributed by atoms with Gasteiger partial charge in [-0.15, -0.1) is 0 Å². The maximum Gasteiger partial charge on any atom is 0.116 e. The van der Waals surface area contributed by atoms with Crippen LogP contribution in [-0.4, -0.2) is 5.11 Å². The summed E-state index contributed by atoms with van der Waals surface area (Å²) in [5.41, 5.74) is 2.47. The van der Waals surface area contributed by atoms with Gasteiger partial charge in [-0.25, -0.2) is 0 Å². The SMILES string of the molecule is Oc1cc2c3c(cccc3c1)CC=C2. The molecule has 0 fully saturated rings. The van der Waals surface area contributed by atoms with E-state index >= 15 is 0 Å². The molecule has 0 aliphatic heterocycles. The minimum Gasteiger partial charge on any atom is -0.508 e. The van der Waals surface area contributed by atoms with Gasteiger partial charge in [0.2, 0.25) is 0 Å². The Labute approximate surface area is 82.3 Å². The predicted octanol–water partition coefficient (Wildman–Crippen LogP) is 3.11. The van der Waals surface area contributed by atoms with Crippen LogP contribution in [0.15, 0.2) is 36.4 Å². The summed E-state index contributed by atoms with van der Waals surface area (Å²) in [5, 5.41) is 11.9. The zero-order valence-corrected chi connectivity index (χ0v) is 7.70. The number of benzene rings is 2. The molecule has 1 nitrogen and oxygen atoms in total. The monoisotopic (exact) mass is 182 g/mol. The summed E-state index contributed by atoms with van der Waals surface area (Å²) < 4.78 is 0. The average molecular weight is 182 g/mol. The van der Waals surface area contributed by atoms with Crippen molar-refractivity contribution in [2.24, 2.45) is 0 Å². The molecule has 0 atom stereocenters. The maximum atomic E-state index is 9.52. The summed E-state index contributed by atoms with van der Waals surface area (Å²) in [7, 11) is 0. The van der Waals surface area contributed by atoms with E-state index in [-0.39, 0.29) is 0 Å². The van der Waals surface area contributed by atoms with Crippen molar-refractivity contribution in [3.63, 3.8) is 0 Å². The van der Waals surface area contributed by atoms with Gasteiger partial charge >= 0.3 is 0 Å². The summed E-state index contributed by atoms with van der Waals surface area (Å²) in [5.74, 6) is 0.344. The van der Waals surface area contributed by atoms with Crippen LogP contribution in [0.5, 0.6) is 5.75 Å². The Balaban J connectivity index is 2.53. The molecule has 0 amide bonds. The third kappa shape index (κ3) is 0.956. The number of hydrogen-bond donors (Lipinski definition) is 1. The second-order valence-electron chi connectivity index (χ2n) is 3.66. The number of phenols is 1. The summed E-state index contributed by atoms with van der Waals surface area (Å²) >= 11 is 0. The smallest absolute Gasteiger partial charge is 0.116 e. The van der Waals surface area contributed by atoms with Crippen molar-refractivity contribution < 1.29 is 5.11 Å². The Bertz CT molecular complexity index is 538. The van der Waals surface area contributed by atoms with Crippen LogP contribution in [0.2, 0.25) is 0 Å². The van der Waals surface area contributed by atoms with Crippen LogP contribution in [0.4, 0.5) is 0 Å². The number of rotatable bonds is 0. The lowest BCUT2D eigenvalue weighted by molar-refractivity contribution is 0.476. The molecule has 0 aromatic heterocycles. The molecule has 3 rings (SSSR count). The minimum absolute atomic E-state index is 0.344. The van der Waals surface area contributed by atoms with Crippen LogP contribution in [0.25, 0.3) is 16.8 Å². The molecule has 0 unspecified atom stereocenters. The van der Waals surface area contributed by atoms with Gasteiger partial charge < -0.3 is 5.11 Å². The first kappa shape index (κ1) is 7.63. The lowest BCUT2D eigenvalue weighted by Crippen LogP contribution is -1.92. The van der Waals surface area contributed by atoms with Gasteiger partial charge in [0.1, 0.15) is 5.75 Å². The fourth-order valence-electron chi connectivity index (χ4n) is 2.14. The third-order valence-corrected chi connectivity index (χ3v) is 2.71. The second kappa shape index (κ2) is 2.61. The highest BCUT2D eigenvalue weighted by Gasteiger charge is 2.08. The van der Waals surface area contributed by atoms with Crippen LogP contribution in [0.1, 0.15) is 11.1 Å². The Morgan fingerprint density at radius 1 is 1.14 bits per heavy atom. The number of phenolic OH excluding ortho intramolecular Hbond substituents is 1. The standard InChI is InChI=1S/C13H10O/c14-12-7-10-5-1-3-9-4-2-6-11(8-12)13(9)10/h1-3,5-8,14H,4H2. The van der Waals surface area contributed by atoms with E-state index in [9.17, 15) is 5.11 Å². The van der Waals surface area contributed by atoms with E-state index < -0.39 is 0 Å². The van der Waals surface area contributed by atoms with Crippen molar-refractivity contribution in [1.29, 1.82) is 0 Å². The third-order valence-electron chi connectivity index (χ3n) is 2.71. The topological polar surface area (TPSA) is 20.2 Å². The molecule has 2 aromatic carbocycles. The highest BCUT2D eigenvalue weighted by Crippen LogP contribution is 2.31. The minimum atomic E-state index is 0.344. The first-order valence-electron chi connectivity index (χ1n) is 4.76. The highest BCUT2D eigenvalue weighted by molar-refractivity contribution is 5.96. The van der Waals surface area contributed by atoms with Gasteiger partial charge in [0.15, 0.2) is 0 Å². The average Bonchev–Trinajstić information content (AvgIpc) is 2.18. The van der Waals surface area contributed by atoms with Crippen molar-refractivity contribution in [1.82, 2.24) is 0 Å². The normalized spacial score (nSPS) is 13.4. The van der Waals surface area contributed by atoms with Crippen LogP contribution in [0, 0.1) is 0 Å². The number of aromatic hydroxyl groups is 1. The van der Waals surface area contributed by atoms with Gasteiger partial charge in [-0.1, -0.05) is 30.4 Å². The molecule has 0 bridgehead atoms. The van der Waals surface area contributed by atoms with Crippen LogP contribution in [0.3, 0.4) is 0 Å². The fourth-order valence-corrected chi connectivity index (χ4v) is 2.14. The van der Waals surface area contributed by atoms with E-state index in [2.05, 4.69) is 18.2 Å². The van der Waals surface area contributed by atoms with E-state index in [1.807, 2.05) is 24.3 Å². The highest BCUT2D eigenvalue weighted by atomic mass is 16.3. The van der Waals surface area contributed by atoms with Crippen LogP contribution >= 0.6 is 0 Å². The van der Waals surface area contributed by atoms with Gasteiger partial charge in [0.05, 0.1) is 0 Å². The summed E-state index contributed by atoms with van der Waals surface area (Å²) in [6, 6.07) is 9.87. The largest absolute Gasteiger partial charge is 0.508 e. The molecule has 1 N–H and O–H groups in total. The predicted molar refractivity (Wildman–Crippen MR) is 58.4 cm³/mol. The number of hydrogen-bond acceptors (Lipinski definition) is 1. The Morgan fingerprint density at radius 2 is 2.07 bits per heavy atom. The first-order valence-corrected chi connectivity index (χ1v) is 4.76. The van der Waals surface area contributed by atoms with E-state index in [1.54, 1.807) is 0 Å². The molecule has 0 spiro atoms. The quantitative estimate of drug-likeness (QED) is 0.663. The molecule has 0 radical (unpaired) electrons. The fraction of sp³-hybridized carbons (Fsp3) is 0.0769. The van der Waals surface area contributed by atoms with E-state index in [0.29, 0.717) is 5.75 Å². The lowest BCUT2D eigenvalue weighted by Gasteiger charge is -2.12. The Morgan fingerprint density at radius 3 is 3.00 bits per heavy atom. The van der Waals surface area contributed by atoms with Crippen LogP contribution < -0.4 is 0 Å². The van der Waals surface area contributed by atoms with Gasteiger partial charge in [0, 0.05) is 0 Å². The summed E-state index contributed by atoms with van der Waals surface area (Å²) in [6.07, 6.45) is 5.21. The van der Waals surface area contributed by atoms with Crippen molar-refractivity contribution in [2.45, 2.75) is 6.42 Å². The zero-order valence-electron chi connectivity index (χ0n) is 7.70. The molecule has 0 saturated carbocycles. The van der Waals surface area contributed by atoms with Gasteiger partial charge in [-0.3, -0.25) is 0 Å². The molecule has 1 aliphatic rings. The molecule has 68 valence electrons. The lowest BCUT2D eigenvalue weighted by atomic mass is 9.93. The van der Waals surface area contributed by atoms with Crippen molar-refractivity contribution in [3.05, 3.63) is 47.5 Å². The van der Waals surface area contributed by atoms with Gasteiger partial charge in [-0.2, -0.15) is 0 Å². The summed E-state index contributed by atoms with van der Waals surface area (Å²) in [4.78, 5) is 0. The molecule has 1 heteroatoms. The first-order chi connectivity index (χ1) is 6.84. The molecule has 14 heavy (non-hydrogen) atoms. The van der Waals surface area contributed by atoms with Crippen LogP contribution in [-0.2, 0) is 6.42 Å². The van der Waals surface area contributed by atoms with E-state index in [1.165, 1.54) is 10.9 Å². The Hall–Kier alpha value is -1.76. The maximum absolute atomic E-state index is 9.52. The Kier molecular flexibility index (Phi) is 1.42. The van der Waals surface area contributed by atoms with Gasteiger partial charge in [-0.05, 0) is 40.5 Å². The van der Waals surface area contributed by atoms with E-state index in [0.717, 1.165) is 17.4 Å². The van der Waals surface area contributed by atoms with Crippen molar-refractivity contribution in [3.8, 4) is 5.75 Å². The van der Waals surface area contributed by atoms with Gasteiger partial charge in [0.25, 0.3) is 0 Å². The molecule has 1 aliphatic carbocycles. The molecule has 0 saturated heterocycles. The second-order valence-corrected chi connectivity index (χ2v) is 3.66. The van der Waals surface area contributed by atoms with Crippen molar-refractivity contribution >= 4 is 16.8 Å². The zero-order chi connectivity index (χ0) is 9.54. The number of allylic oxidation sites excluding steroid dienone is 1. The molecule has 0 heterocycles. The van der Waals surface area contributed by atoms with E-state index in [4.69, 9.17) is 0 Å². The molecular weight excluding hydrogens is 172 g/mol. The summed E-state index contributed by atoms with van der Waals surface area (Å²) in [6.45, 7) is 0. The molecular formula is C13H10O. The molecule has 2 aromatic rings.